The summed E-state index contributed by atoms with van der Waals surface area (Å²) in [5, 5.41) is 3.27. The van der Waals surface area contributed by atoms with Gasteiger partial charge in [0, 0.05) is 24.5 Å². The Morgan fingerprint density at radius 2 is 1.93 bits per heavy atom. The fourth-order valence-corrected chi connectivity index (χ4v) is 3.39. The van der Waals surface area contributed by atoms with E-state index in [-0.39, 0.29) is 5.91 Å². The number of hydrogen-bond acceptors (Lipinski definition) is 5. The van der Waals surface area contributed by atoms with E-state index >= 15 is 0 Å². The highest BCUT2D eigenvalue weighted by molar-refractivity contribution is 6.07. The lowest BCUT2D eigenvalue weighted by molar-refractivity contribution is 0.0989. The Labute approximate surface area is 163 Å². The number of hydrogen-bond donors (Lipinski definition) is 1. The molecule has 0 saturated heterocycles. The van der Waals surface area contributed by atoms with Gasteiger partial charge in [0.05, 0.1) is 37.4 Å². The first-order valence-electron chi connectivity index (χ1n) is 9.03. The highest BCUT2D eigenvalue weighted by Crippen LogP contribution is 2.32. The van der Waals surface area contributed by atoms with Crippen LogP contribution in [0.3, 0.4) is 0 Å². The van der Waals surface area contributed by atoms with Gasteiger partial charge in [-0.25, -0.2) is 0 Å². The lowest BCUT2D eigenvalue weighted by Gasteiger charge is -2.18. The van der Waals surface area contributed by atoms with Gasteiger partial charge in [-0.1, -0.05) is 18.2 Å². The predicted octanol–water partition coefficient (Wildman–Crippen LogP) is 4.05. The summed E-state index contributed by atoms with van der Waals surface area (Å²) >= 11 is 0. The Morgan fingerprint density at radius 1 is 1.07 bits per heavy atom. The van der Waals surface area contributed by atoms with Gasteiger partial charge in [0.25, 0.3) is 5.91 Å². The van der Waals surface area contributed by atoms with Crippen molar-refractivity contribution < 1.29 is 14.3 Å². The maximum atomic E-state index is 13.0. The zero-order valence-electron chi connectivity index (χ0n) is 15.8. The SMILES string of the molecule is COc1ccc(Nc2cncc(C(=O)N3CCc4ccccc43)c2)c(OC)c1. The van der Waals surface area contributed by atoms with Crippen LogP contribution in [0.25, 0.3) is 0 Å². The van der Waals surface area contributed by atoms with E-state index in [2.05, 4.69) is 16.4 Å². The molecule has 1 aromatic heterocycles. The number of para-hydroxylation sites is 1. The van der Waals surface area contributed by atoms with Gasteiger partial charge in [-0.2, -0.15) is 0 Å². The first-order chi connectivity index (χ1) is 13.7. The number of carbonyl (C=O) groups is 1. The number of fused-ring (bicyclic) bond motifs is 1. The number of aromatic nitrogens is 1. The smallest absolute Gasteiger partial charge is 0.259 e. The summed E-state index contributed by atoms with van der Waals surface area (Å²) < 4.78 is 10.6. The van der Waals surface area contributed by atoms with Gasteiger partial charge < -0.3 is 19.7 Å². The van der Waals surface area contributed by atoms with Crippen molar-refractivity contribution in [3.05, 3.63) is 72.1 Å². The topological polar surface area (TPSA) is 63.7 Å². The van der Waals surface area contributed by atoms with Crippen LogP contribution in [0.15, 0.2) is 60.9 Å². The number of nitrogens with zero attached hydrogens (tertiary/aromatic N) is 2. The number of pyridine rings is 1. The third-order valence-corrected chi connectivity index (χ3v) is 4.81. The number of methoxy groups -OCH3 is 2. The van der Waals surface area contributed by atoms with Crippen LogP contribution >= 0.6 is 0 Å². The Balaban J connectivity index is 1.58. The molecule has 0 radical (unpaired) electrons. The van der Waals surface area contributed by atoms with Crippen LogP contribution in [0, 0.1) is 0 Å². The highest BCUT2D eigenvalue weighted by atomic mass is 16.5. The molecule has 0 aliphatic carbocycles. The lowest BCUT2D eigenvalue weighted by atomic mass is 10.1. The third kappa shape index (κ3) is 3.36. The van der Waals surface area contributed by atoms with Crippen molar-refractivity contribution in [3.63, 3.8) is 0 Å². The van der Waals surface area contributed by atoms with Gasteiger partial charge in [0.2, 0.25) is 0 Å². The minimum absolute atomic E-state index is 0.0530. The summed E-state index contributed by atoms with van der Waals surface area (Å²) in [5.41, 5.74) is 4.18. The average Bonchev–Trinajstić information content (AvgIpc) is 3.18. The Kier molecular flexibility index (Phi) is 4.85. The molecule has 0 atom stereocenters. The Hall–Kier alpha value is -3.54. The summed E-state index contributed by atoms with van der Waals surface area (Å²) in [6, 6.07) is 15.3. The molecule has 6 nitrogen and oxygen atoms in total. The molecule has 0 fully saturated rings. The molecular weight excluding hydrogens is 354 g/mol. The minimum Gasteiger partial charge on any atom is -0.497 e. The molecule has 1 amide bonds. The summed E-state index contributed by atoms with van der Waals surface area (Å²) in [5.74, 6) is 1.30. The van der Waals surface area contributed by atoms with Gasteiger partial charge in [0.15, 0.2) is 0 Å². The van der Waals surface area contributed by atoms with Crippen LogP contribution in [0.5, 0.6) is 11.5 Å². The van der Waals surface area contributed by atoms with E-state index in [0.29, 0.717) is 29.3 Å². The van der Waals surface area contributed by atoms with Crippen molar-refractivity contribution in [2.75, 3.05) is 31.0 Å². The number of anilines is 3. The van der Waals surface area contributed by atoms with E-state index in [9.17, 15) is 4.79 Å². The Morgan fingerprint density at radius 3 is 2.75 bits per heavy atom. The van der Waals surface area contributed by atoms with Crippen molar-refractivity contribution in [2.45, 2.75) is 6.42 Å². The fourth-order valence-electron chi connectivity index (χ4n) is 3.39. The third-order valence-electron chi connectivity index (χ3n) is 4.81. The number of rotatable bonds is 5. The summed E-state index contributed by atoms with van der Waals surface area (Å²) in [6.07, 6.45) is 4.15. The second-order valence-corrected chi connectivity index (χ2v) is 6.49. The van der Waals surface area contributed by atoms with E-state index in [1.54, 1.807) is 38.7 Å². The number of benzene rings is 2. The molecule has 2 aromatic carbocycles. The summed E-state index contributed by atoms with van der Waals surface area (Å²) in [7, 11) is 3.21. The van der Waals surface area contributed by atoms with Crippen LogP contribution in [-0.2, 0) is 6.42 Å². The second-order valence-electron chi connectivity index (χ2n) is 6.49. The predicted molar refractivity (Wildman–Crippen MR) is 109 cm³/mol. The maximum Gasteiger partial charge on any atom is 0.259 e. The van der Waals surface area contributed by atoms with E-state index in [4.69, 9.17) is 9.47 Å². The molecule has 1 aliphatic heterocycles. The molecule has 2 heterocycles. The molecule has 0 saturated carbocycles. The monoisotopic (exact) mass is 375 g/mol. The lowest BCUT2D eigenvalue weighted by Crippen LogP contribution is -2.29. The van der Waals surface area contributed by atoms with Crippen LogP contribution < -0.4 is 19.7 Å². The first kappa shape index (κ1) is 17.9. The standard InChI is InChI=1S/C22H21N3O3/c1-27-18-7-8-19(21(12-18)28-2)24-17-11-16(13-23-14-17)22(26)25-10-9-15-5-3-4-6-20(15)25/h3-8,11-14,24H,9-10H2,1-2H3. The van der Waals surface area contributed by atoms with Gasteiger partial charge in [-0.05, 0) is 36.2 Å². The van der Waals surface area contributed by atoms with E-state index in [1.807, 2.05) is 35.2 Å². The highest BCUT2D eigenvalue weighted by Gasteiger charge is 2.25. The van der Waals surface area contributed by atoms with Gasteiger partial charge >= 0.3 is 0 Å². The van der Waals surface area contributed by atoms with E-state index < -0.39 is 0 Å². The molecule has 1 N–H and O–H groups in total. The van der Waals surface area contributed by atoms with Crippen LogP contribution in [0.1, 0.15) is 15.9 Å². The molecule has 4 rings (SSSR count). The van der Waals surface area contributed by atoms with Gasteiger partial charge in [0.1, 0.15) is 11.5 Å². The molecule has 3 aromatic rings. The summed E-state index contributed by atoms with van der Waals surface area (Å²) in [6.45, 7) is 0.683. The Bertz CT molecular complexity index is 1020. The molecule has 1 aliphatic rings. The summed E-state index contributed by atoms with van der Waals surface area (Å²) in [4.78, 5) is 19.1. The molecule has 0 bridgehead atoms. The fraction of sp³-hybridized carbons (Fsp3) is 0.182. The molecule has 6 heteroatoms. The van der Waals surface area contributed by atoms with Crippen molar-refractivity contribution in [2.24, 2.45) is 0 Å². The number of amides is 1. The van der Waals surface area contributed by atoms with Crippen LogP contribution in [0.4, 0.5) is 17.1 Å². The van der Waals surface area contributed by atoms with Crippen molar-refractivity contribution >= 4 is 23.0 Å². The van der Waals surface area contributed by atoms with Crippen molar-refractivity contribution in [1.29, 1.82) is 0 Å². The van der Waals surface area contributed by atoms with Gasteiger partial charge in [-0.15, -0.1) is 0 Å². The quantitative estimate of drug-likeness (QED) is 0.729. The molecule has 28 heavy (non-hydrogen) atoms. The molecule has 0 unspecified atom stereocenters. The van der Waals surface area contributed by atoms with E-state index in [1.165, 1.54) is 5.56 Å². The molecule has 0 spiro atoms. The zero-order chi connectivity index (χ0) is 19.5. The second kappa shape index (κ2) is 7.60. The van der Waals surface area contributed by atoms with Crippen LogP contribution in [-0.4, -0.2) is 31.7 Å². The minimum atomic E-state index is -0.0530. The van der Waals surface area contributed by atoms with E-state index in [0.717, 1.165) is 17.8 Å². The number of ether oxygens (including phenoxy) is 2. The first-order valence-corrected chi connectivity index (χ1v) is 9.03. The normalized spacial score (nSPS) is 12.4. The number of carbonyl (C=O) groups excluding carboxylic acids is 1. The zero-order valence-corrected chi connectivity index (χ0v) is 15.8. The van der Waals surface area contributed by atoms with Crippen molar-refractivity contribution in [3.8, 4) is 11.5 Å². The maximum absolute atomic E-state index is 13.0. The average molecular weight is 375 g/mol. The molecule has 142 valence electrons. The van der Waals surface area contributed by atoms with Gasteiger partial charge in [-0.3, -0.25) is 9.78 Å². The molecular formula is C22H21N3O3. The van der Waals surface area contributed by atoms with Crippen LogP contribution in [0.2, 0.25) is 0 Å². The van der Waals surface area contributed by atoms with Crippen molar-refractivity contribution in [1.82, 2.24) is 4.98 Å². The largest absolute Gasteiger partial charge is 0.497 e. The number of nitrogens with one attached hydrogen (secondary N) is 1.